The van der Waals surface area contributed by atoms with Gasteiger partial charge in [0.1, 0.15) is 0 Å². The van der Waals surface area contributed by atoms with Crippen LogP contribution in [-0.4, -0.2) is 35.3 Å². The van der Waals surface area contributed by atoms with Gasteiger partial charge in [0, 0.05) is 11.6 Å². The predicted octanol–water partition coefficient (Wildman–Crippen LogP) is 3.10. The van der Waals surface area contributed by atoms with Crippen LogP contribution in [0.1, 0.15) is 17.3 Å². The molecule has 0 aliphatic heterocycles. The highest BCUT2D eigenvalue weighted by molar-refractivity contribution is 9.10. The normalized spacial score (nSPS) is 12.9. The number of hydrogen-bond donors (Lipinski definition) is 1. The van der Waals surface area contributed by atoms with Crippen LogP contribution in [0.2, 0.25) is 5.02 Å². The molecule has 0 fully saturated rings. The second-order valence-electron chi connectivity index (χ2n) is 5.34. The number of nitrogens with two attached hydrogens (primary N) is 1. The number of likely N-dealkylation sites (N-methyl/N-ethyl adjacent to an activating group) is 1. The highest BCUT2D eigenvalue weighted by Crippen LogP contribution is 2.25. The van der Waals surface area contributed by atoms with Crippen molar-refractivity contribution < 1.29 is 0 Å². The first-order valence-electron chi connectivity index (χ1n) is 6.83. The van der Waals surface area contributed by atoms with Crippen molar-refractivity contribution in [3.8, 4) is 0 Å². The standard InChI is InChI=1S/C15H20BrClN4/c1-20(2)7-8-21-15(13(16)10-19-21)14(18)9-11-3-5-12(17)6-4-11/h3-6,10,14H,7-9,18H2,1-2H3. The minimum Gasteiger partial charge on any atom is -0.322 e. The topological polar surface area (TPSA) is 47.1 Å². The lowest BCUT2D eigenvalue weighted by Gasteiger charge is -2.17. The van der Waals surface area contributed by atoms with Crippen molar-refractivity contribution in [1.82, 2.24) is 14.7 Å². The lowest BCUT2D eigenvalue weighted by molar-refractivity contribution is 0.366. The number of aromatic nitrogens is 2. The van der Waals surface area contributed by atoms with Crippen LogP contribution < -0.4 is 5.73 Å². The minimum absolute atomic E-state index is 0.106. The molecule has 1 unspecified atom stereocenters. The van der Waals surface area contributed by atoms with Crippen LogP contribution in [0.5, 0.6) is 0 Å². The van der Waals surface area contributed by atoms with Crippen LogP contribution in [0.25, 0.3) is 0 Å². The first-order valence-corrected chi connectivity index (χ1v) is 8.00. The molecule has 2 aromatic rings. The quantitative estimate of drug-likeness (QED) is 0.849. The van der Waals surface area contributed by atoms with Gasteiger partial charge < -0.3 is 10.6 Å². The van der Waals surface area contributed by atoms with Crippen molar-refractivity contribution in [2.45, 2.75) is 19.0 Å². The average molecular weight is 372 g/mol. The Kier molecular flexibility index (Phi) is 5.81. The summed E-state index contributed by atoms with van der Waals surface area (Å²) in [4.78, 5) is 2.13. The van der Waals surface area contributed by atoms with Gasteiger partial charge >= 0.3 is 0 Å². The fraction of sp³-hybridized carbons (Fsp3) is 0.400. The van der Waals surface area contributed by atoms with Crippen LogP contribution in [0.4, 0.5) is 0 Å². The Hall–Kier alpha value is -0.880. The van der Waals surface area contributed by atoms with E-state index in [1.165, 1.54) is 5.56 Å². The Balaban J connectivity index is 2.12. The minimum atomic E-state index is -0.106. The summed E-state index contributed by atoms with van der Waals surface area (Å²) in [5.74, 6) is 0. The maximum atomic E-state index is 6.38. The summed E-state index contributed by atoms with van der Waals surface area (Å²) < 4.78 is 2.94. The molecule has 21 heavy (non-hydrogen) atoms. The highest BCUT2D eigenvalue weighted by atomic mass is 79.9. The molecule has 1 atom stereocenters. The Bertz CT molecular complexity index is 580. The molecule has 1 aromatic heterocycles. The van der Waals surface area contributed by atoms with E-state index >= 15 is 0 Å². The third-order valence-electron chi connectivity index (χ3n) is 3.31. The van der Waals surface area contributed by atoms with Gasteiger partial charge in [0.05, 0.1) is 29.0 Å². The maximum absolute atomic E-state index is 6.38. The SMILES string of the molecule is CN(C)CCn1ncc(Br)c1C(N)Cc1ccc(Cl)cc1. The molecule has 1 aromatic carbocycles. The zero-order chi connectivity index (χ0) is 15.4. The Labute approximate surface area is 139 Å². The van der Waals surface area contributed by atoms with Gasteiger partial charge in [-0.05, 0) is 54.1 Å². The van der Waals surface area contributed by atoms with Gasteiger partial charge in [0.2, 0.25) is 0 Å². The zero-order valence-corrected chi connectivity index (χ0v) is 14.6. The largest absolute Gasteiger partial charge is 0.322 e. The third kappa shape index (κ3) is 4.54. The molecule has 0 spiro atoms. The van der Waals surface area contributed by atoms with Gasteiger partial charge in [-0.1, -0.05) is 23.7 Å². The van der Waals surface area contributed by atoms with Crippen LogP contribution >= 0.6 is 27.5 Å². The van der Waals surface area contributed by atoms with Crippen molar-refractivity contribution >= 4 is 27.5 Å². The molecule has 0 radical (unpaired) electrons. The second-order valence-corrected chi connectivity index (χ2v) is 6.63. The number of halogens is 2. The van der Waals surface area contributed by atoms with Gasteiger partial charge in [0.25, 0.3) is 0 Å². The van der Waals surface area contributed by atoms with Gasteiger partial charge in [-0.2, -0.15) is 5.10 Å². The Morgan fingerprint density at radius 3 is 2.62 bits per heavy atom. The van der Waals surface area contributed by atoms with E-state index in [1.807, 2.05) is 49.2 Å². The van der Waals surface area contributed by atoms with E-state index < -0.39 is 0 Å². The molecule has 1 heterocycles. The molecule has 114 valence electrons. The smallest absolute Gasteiger partial charge is 0.0697 e. The molecule has 0 amide bonds. The van der Waals surface area contributed by atoms with E-state index in [2.05, 4.69) is 25.9 Å². The Morgan fingerprint density at radius 1 is 1.33 bits per heavy atom. The molecule has 6 heteroatoms. The molecular weight excluding hydrogens is 352 g/mol. The lowest BCUT2D eigenvalue weighted by Crippen LogP contribution is -2.24. The van der Waals surface area contributed by atoms with Crippen LogP contribution in [-0.2, 0) is 13.0 Å². The molecular formula is C15H20BrClN4. The summed E-state index contributed by atoms with van der Waals surface area (Å²) in [7, 11) is 4.09. The fourth-order valence-electron chi connectivity index (χ4n) is 2.18. The van der Waals surface area contributed by atoms with E-state index in [9.17, 15) is 0 Å². The zero-order valence-electron chi connectivity index (χ0n) is 12.3. The highest BCUT2D eigenvalue weighted by Gasteiger charge is 2.17. The molecule has 2 N–H and O–H groups in total. The van der Waals surface area contributed by atoms with Gasteiger partial charge in [-0.25, -0.2) is 0 Å². The number of rotatable bonds is 6. The van der Waals surface area contributed by atoms with E-state index in [1.54, 1.807) is 0 Å². The summed E-state index contributed by atoms with van der Waals surface area (Å²) in [5, 5.41) is 5.15. The monoisotopic (exact) mass is 370 g/mol. The molecule has 0 aliphatic carbocycles. The van der Waals surface area contributed by atoms with Crippen molar-refractivity contribution in [2.24, 2.45) is 5.73 Å². The van der Waals surface area contributed by atoms with Gasteiger partial charge in [-0.3, -0.25) is 4.68 Å². The second kappa shape index (κ2) is 7.40. The van der Waals surface area contributed by atoms with Gasteiger partial charge in [0.15, 0.2) is 0 Å². The van der Waals surface area contributed by atoms with E-state index in [0.717, 1.165) is 34.7 Å². The van der Waals surface area contributed by atoms with Crippen LogP contribution in [0.3, 0.4) is 0 Å². The summed E-state index contributed by atoms with van der Waals surface area (Å²) in [6.07, 6.45) is 2.57. The molecule has 2 rings (SSSR count). The first kappa shape index (κ1) is 16.5. The number of benzene rings is 1. The van der Waals surface area contributed by atoms with Crippen molar-refractivity contribution in [1.29, 1.82) is 0 Å². The van der Waals surface area contributed by atoms with Crippen molar-refractivity contribution in [3.63, 3.8) is 0 Å². The molecule has 4 nitrogen and oxygen atoms in total. The summed E-state index contributed by atoms with van der Waals surface area (Å²) in [6, 6.07) is 7.70. The third-order valence-corrected chi connectivity index (χ3v) is 4.18. The van der Waals surface area contributed by atoms with Crippen molar-refractivity contribution in [3.05, 3.63) is 51.2 Å². The Morgan fingerprint density at radius 2 is 2.00 bits per heavy atom. The lowest BCUT2D eigenvalue weighted by atomic mass is 10.0. The fourth-order valence-corrected chi connectivity index (χ4v) is 2.90. The van der Waals surface area contributed by atoms with E-state index in [4.69, 9.17) is 17.3 Å². The molecule has 0 saturated heterocycles. The van der Waals surface area contributed by atoms with Gasteiger partial charge in [-0.15, -0.1) is 0 Å². The van der Waals surface area contributed by atoms with Crippen LogP contribution in [0.15, 0.2) is 34.9 Å². The number of nitrogens with zero attached hydrogens (tertiary/aromatic N) is 3. The van der Waals surface area contributed by atoms with Crippen LogP contribution in [0, 0.1) is 0 Å². The average Bonchev–Trinajstić information content (AvgIpc) is 2.80. The number of hydrogen-bond acceptors (Lipinski definition) is 3. The first-order chi connectivity index (χ1) is 9.97. The van der Waals surface area contributed by atoms with Crippen molar-refractivity contribution in [2.75, 3.05) is 20.6 Å². The molecule has 0 aliphatic rings. The summed E-state index contributed by atoms with van der Waals surface area (Å²) in [5.41, 5.74) is 8.58. The maximum Gasteiger partial charge on any atom is 0.0697 e. The summed E-state index contributed by atoms with van der Waals surface area (Å²) in [6.45, 7) is 1.75. The molecule has 0 saturated carbocycles. The predicted molar refractivity (Wildman–Crippen MR) is 90.6 cm³/mol. The van der Waals surface area contributed by atoms with E-state index in [-0.39, 0.29) is 6.04 Å². The summed E-state index contributed by atoms with van der Waals surface area (Å²) >= 11 is 9.46. The molecule has 0 bridgehead atoms. The van der Waals surface area contributed by atoms with E-state index in [0.29, 0.717) is 0 Å².